The van der Waals surface area contributed by atoms with Crippen molar-refractivity contribution in [1.29, 1.82) is 0 Å². The van der Waals surface area contributed by atoms with Crippen LogP contribution in [0.15, 0.2) is 10.6 Å². The molecule has 0 aliphatic carbocycles. The van der Waals surface area contributed by atoms with Crippen molar-refractivity contribution in [3.63, 3.8) is 0 Å². The summed E-state index contributed by atoms with van der Waals surface area (Å²) in [5, 5.41) is 12.0. The molecule has 0 heterocycles. The molecule has 0 fully saturated rings. The van der Waals surface area contributed by atoms with Gasteiger partial charge in [0.05, 0.1) is 0 Å². The molecular formula is C8H13Cl2NO2. The number of carbonyl (C=O) groups is 1. The zero-order valence-corrected chi connectivity index (χ0v) is 9.06. The van der Waals surface area contributed by atoms with Gasteiger partial charge in [-0.2, -0.15) is 0 Å². The van der Waals surface area contributed by atoms with E-state index in [4.69, 9.17) is 28.3 Å². The van der Waals surface area contributed by atoms with E-state index in [1.54, 1.807) is 0 Å². The first-order chi connectivity index (χ1) is 5.99. The van der Waals surface area contributed by atoms with Gasteiger partial charge in [0, 0.05) is 17.1 Å². The molecule has 0 spiro atoms. The van der Waals surface area contributed by atoms with Gasteiger partial charge in [0.1, 0.15) is 6.04 Å². The average Bonchev–Trinajstić information content (AvgIpc) is 2.03. The van der Waals surface area contributed by atoms with E-state index in [1.165, 1.54) is 5.54 Å². The third-order valence-corrected chi connectivity index (χ3v) is 2.16. The fourth-order valence-electron chi connectivity index (χ4n) is 0.854. The lowest BCUT2D eigenvalue weighted by Gasteiger charge is -2.17. The molecule has 0 aromatic heterocycles. The molecule has 13 heavy (non-hydrogen) atoms. The molecular weight excluding hydrogens is 213 g/mol. The van der Waals surface area contributed by atoms with E-state index in [9.17, 15) is 4.79 Å². The zero-order valence-electron chi connectivity index (χ0n) is 7.55. The molecule has 3 nitrogen and oxygen atoms in total. The number of aliphatic carboxylic acids is 1. The van der Waals surface area contributed by atoms with E-state index >= 15 is 0 Å². The fourth-order valence-corrected chi connectivity index (χ4v) is 1.01. The number of nitrogens with one attached hydrogen (secondary N) is 1. The lowest BCUT2D eigenvalue weighted by Crippen LogP contribution is -2.41. The van der Waals surface area contributed by atoms with Gasteiger partial charge in [-0.1, -0.05) is 37.0 Å². The summed E-state index contributed by atoms with van der Waals surface area (Å²) < 4.78 is 0. The van der Waals surface area contributed by atoms with Crippen LogP contribution >= 0.6 is 23.2 Å². The van der Waals surface area contributed by atoms with Crippen LogP contribution in [0, 0.1) is 5.92 Å². The number of carboxylic acids is 1. The maximum Gasteiger partial charge on any atom is 0.320 e. The average molecular weight is 226 g/mol. The van der Waals surface area contributed by atoms with E-state index < -0.39 is 12.0 Å². The Balaban J connectivity index is 4.05. The lowest BCUT2D eigenvalue weighted by molar-refractivity contribution is -0.140. The summed E-state index contributed by atoms with van der Waals surface area (Å²) >= 11 is 10.9. The molecule has 0 aromatic rings. The highest BCUT2D eigenvalue weighted by Gasteiger charge is 2.20. The lowest BCUT2D eigenvalue weighted by atomic mass is 10.1. The second-order valence-corrected chi connectivity index (χ2v) is 3.70. The van der Waals surface area contributed by atoms with Crippen molar-refractivity contribution >= 4 is 29.2 Å². The molecule has 0 amide bonds. The first kappa shape index (κ1) is 12.8. The molecule has 0 aliphatic rings. The molecule has 0 rings (SSSR count). The predicted octanol–water partition coefficient (Wildman–Crippen LogP) is 2.00. The second-order valence-electron chi connectivity index (χ2n) is 3.00. The van der Waals surface area contributed by atoms with Gasteiger partial charge in [0.2, 0.25) is 0 Å². The Hall–Kier alpha value is -0.250. The van der Waals surface area contributed by atoms with Crippen molar-refractivity contribution in [2.24, 2.45) is 5.92 Å². The summed E-state index contributed by atoms with van der Waals surface area (Å²) in [6.45, 7) is 3.93. The van der Waals surface area contributed by atoms with Crippen LogP contribution in [0.3, 0.4) is 0 Å². The highest BCUT2D eigenvalue weighted by atomic mass is 35.5. The SMILES string of the molecule is CC(C)C(NCC(Cl)=CCl)C(=O)O. The Morgan fingerprint density at radius 3 is 2.46 bits per heavy atom. The monoisotopic (exact) mass is 225 g/mol. The van der Waals surface area contributed by atoms with Crippen molar-refractivity contribution in [3.05, 3.63) is 10.6 Å². The van der Waals surface area contributed by atoms with Crippen LogP contribution in [0.25, 0.3) is 0 Å². The summed E-state index contributed by atoms with van der Waals surface area (Å²) in [6, 6.07) is -0.592. The zero-order chi connectivity index (χ0) is 10.4. The minimum absolute atomic E-state index is 0.0114. The van der Waals surface area contributed by atoms with Crippen LogP contribution in [0.1, 0.15) is 13.8 Å². The van der Waals surface area contributed by atoms with Crippen LogP contribution in [-0.2, 0) is 4.79 Å². The molecule has 0 radical (unpaired) electrons. The summed E-state index contributed by atoms with van der Waals surface area (Å²) in [6.07, 6.45) is 0. The van der Waals surface area contributed by atoms with Gasteiger partial charge in [0.15, 0.2) is 0 Å². The molecule has 0 saturated heterocycles. The Bertz CT molecular complexity index is 204. The van der Waals surface area contributed by atoms with Gasteiger partial charge in [-0.25, -0.2) is 0 Å². The smallest absolute Gasteiger partial charge is 0.320 e. The van der Waals surface area contributed by atoms with Crippen LogP contribution in [0.5, 0.6) is 0 Å². The first-order valence-electron chi connectivity index (χ1n) is 3.90. The summed E-state index contributed by atoms with van der Waals surface area (Å²) in [5.41, 5.74) is 1.22. The van der Waals surface area contributed by atoms with E-state index in [0.29, 0.717) is 5.03 Å². The van der Waals surface area contributed by atoms with E-state index in [2.05, 4.69) is 5.32 Å². The van der Waals surface area contributed by atoms with Crippen LogP contribution in [0.4, 0.5) is 0 Å². The maximum absolute atomic E-state index is 10.7. The van der Waals surface area contributed by atoms with Crippen LogP contribution < -0.4 is 5.32 Å². The second kappa shape index (κ2) is 6.24. The number of hydrogen-bond donors (Lipinski definition) is 2. The number of rotatable bonds is 5. The highest BCUT2D eigenvalue weighted by molar-refractivity contribution is 6.36. The molecule has 0 bridgehead atoms. The minimum Gasteiger partial charge on any atom is -0.480 e. The topological polar surface area (TPSA) is 49.3 Å². The Morgan fingerprint density at radius 1 is 1.62 bits per heavy atom. The van der Waals surface area contributed by atoms with Crippen LogP contribution in [0.2, 0.25) is 0 Å². The Kier molecular flexibility index (Phi) is 6.12. The molecule has 0 aliphatic heterocycles. The molecule has 1 atom stereocenters. The van der Waals surface area contributed by atoms with Crippen molar-refractivity contribution in [1.82, 2.24) is 5.32 Å². The Labute approximate surface area is 87.7 Å². The van der Waals surface area contributed by atoms with Crippen LogP contribution in [-0.4, -0.2) is 23.7 Å². The quantitative estimate of drug-likeness (QED) is 0.753. The first-order valence-corrected chi connectivity index (χ1v) is 4.71. The predicted molar refractivity (Wildman–Crippen MR) is 54.1 cm³/mol. The summed E-state index contributed by atoms with van der Waals surface area (Å²) in [7, 11) is 0. The largest absolute Gasteiger partial charge is 0.480 e. The van der Waals surface area contributed by atoms with E-state index in [-0.39, 0.29) is 12.5 Å². The molecule has 5 heteroatoms. The number of hydrogen-bond acceptors (Lipinski definition) is 2. The van der Waals surface area contributed by atoms with Crippen molar-refractivity contribution in [3.8, 4) is 0 Å². The normalized spacial score (nSPS) is 14.7. The fraction of sp³-hybridized carbons (Fsp3) is 0.625. The van der Waals surface area contributed by atoms with E-state index in [0.717, 1.165) is 0 Å². The molecule has 1 unspecified atom stereocenters. The van der Waals surface area contributed by atoms with Crippen molar-refractivity contribution in [2.75, 3.05) is 6.54 Å². The van der Waals surface area contributed by atoms with Gasteiger partial charge in [0.25, 0.3) is 0 Å². The van der Waals surface area contributed by atoms with Gasteiger partial charge in [-0.3, -0.25) is 10.1 Å². The molecule has 76 valence electrons. The van der Waals surface area contributed by atoms with Gasteiger partial charge in [-0.05, 0) is 5.92 Å². The summed E-state index contributed by atoms with van der Waals surface area (Å²) in [4.78, 5) is 10.7. The maximum atomic E-state index is 10.7. The molecule has 2 N–H and O–H groups in total. The van der Waals surface area contributed by atoms with Gasteiger partial charge < -0.3 is 5.11 Å². The van der Waals surface area contributed by atoms with Crippen molar-refractivity contribution in [2.45, 2.75) is 19.9 Å². The molecule has 0 aromatic carbocycles. The minimum atomic E-state index is -0.881. The van der Waals surface area contributed by atoms with Gasteiger partial charge >= 0.3 is 5.97 Å². The third kappa shape index (κ3) is 5.13. The van der Waals surface area contributed by atoms with Gasteiger partial charge in [-0.15, -0.1) is 0 Å². The summed E-state index contributed by atoms with van der Waals surface area (Å²) in [5.74, 6) is -0.869. The number of carboxylic acid groups (broad SMARTS) is 1. The number of halogens is 2. The van der Waals surface area contributed by atoms with E-state index in [1.807, 2.05) is 13.8 Å². The third-order valence-electron chi connectivity index (χ3n) is 1.54. The Morgan fingerprint density at radius 2 is 2.15 bits per heavy atom. The highest BCUT2D eigenvalue weighted by Crippen LogP contribution is 2.05. The molecule has 0 saturated carbocycles. The van der Waals surface area contributed by atoms with Crippen molar-refractivity contribution < 1.29 is 9.90 Å². The standard InChI is InChI=1S/C8H13Cl2NO2/c1-5(2)7(8(12)13)11-4-6(10)3-9/h3,5,7,11H,4H2,1-2H3,(H,12,13).